The standard InChI is InChI=1S/C21H20Cl2N4O/c1-13-6-4-5-7-19(13)25-21(28)26-24-12-16-10-14(2)27(15(16)3)20-9-8-17(22)11-18(20)23/h4-12H,1-3H3,(H2,25,26,28). The van der Waals surface area contributed by atoms with E-state index in [1.54, 1.807) is 18.3 Å². The van der Waals surface area contributed by atoms with E-state index in [0.29, 0.717) is 10.0 Å². The second-order valence-electron chi connectivity index (χ2n) is 6.40. The maximum Gasteiger partial charge on any atom is 0.339 e. The third kappa shape index (κ3) is 4.38. The lowest BCUT2D eigenvalue weighted by atomic mass is 10.2. The van der Waals surface area contributed by atoms with Crippen LogP contribution in [0, 0.1) is 20.8 Å². The maximum absolute atomic E-state index is 12.0. The Morgan fingerprint density at radius 3 is 2.54 bits per heavy atom. The quantitative estimate of drug-likeness (QED) is 0.407. The number of hydrazone groups is 1. The van der Waals surface area contributed by atoms with E-state index in [1.807, 2.05) is 61.7 Å². The van der Waals surface area contributed by atoms with Crippen molar-refractivity contribution in [1.82, 2.24) is 9.99 Å². The Balaban J connectivity index is 1.74. The fraction of sp³-hybridized carbons (Fsp3) is 0.143. The van der Waals surface area contributed by atoms with Gasteiger partial charge in [-0.25, -0.2) is 10.2 Å². The Bertz CT molecular complexity index is 1060. The van der Waals surface area contributed by atoms with Gasteiger partial charge in [-0.2, -0.15) is 5.10 Å². The van der Waals surface area contributed by atoms with E-state index in [2.05, 4.69) is 15.8 Å². The number of halogens is 2. The molecule has 144 valence electrons. The highest BCUT2D eigenvalue weighted by Gasteiger charge is 2.12. The van der Waals surface area contributed by atoms with Crippen LogP contribution in [0.2, 0.25) is 10.0 Å². The number of nitrogens with one attached hydrogen (secondary N) is 2. The van der Waals surface area contributed by atoms with E-state index in [1.165, 1.54) is 0 Å². The van der Waals surface area contributed by atoms with E-state index in [4.69, 9.17) is 23.2 Å². The maximum atomic E-state index is 12.0. The van der Waals surface area contributed by atoms with Gasteiger partial charge in [0, 0.05) is 27.7 Å². The monoisotopic (exact) mass is 414 g/mol. The van der Waals surface area contributed by atoms with Crippen molar-refractivity contribution in [3.8, 4) is 5.69 Å². The second-order valence-corrected chi connectivity index (χ2v) is 7.24. The molecule has 5 nitrogen and oxygen atoms in total. The molecule has 1 aromatic heterocycles. The average molecular weight is 415 g/mol. The number of hydrogen-bond donors (Lipinski definition) is 2. The summed E-state index contributed by atoms with van der Waals surface area (Å²) in [6, 6.07) is 14.5. The summed E-state index contributed by atoms with van der Waals surface area (Å²) >= 11 is 12.3. The summed E-state index contributed by atoms with van der Waals surface area (Å²) in [5.41, 5.74) is 7.86. The van der Waals surface area contributed by atoms with Crippen molar-refractivity contribution in [1.29, 1.82) is 0 Å². The first kappa shape index (κ1) is 20.0. The van der Waals surface area contributed by atoms with Gasteiger partial charge < -0.3 is 9.88 Å². The normalized spacial score (nSPS) is 11.0. The lowest BCUT2D eigenvalue weighted by Crippen LogP contribution is -2.24. The molecule has 0 saturated carbocycles. The minimum atomic E-state index is -0.403. The number of para-hydroxylation sites is 1. The van der Waals surface area contributed by atoms with Crippen molar-refractivity contribution < 1.29 is 4.79 Å². The van der Waals surface area contributed by atoms with Crippen molar-refractivity contribution in [2.45, 2.75) is 20.8 Å². The topological polar surface area (TPSA) is 58.4 Å². The molecule has 0 radical (unpaired) electrons. The molecule has 0 aliphatic rings. The number of aromatic nitrogens is 1. The summed E-state index contributed by atoms with van der Waals surface area (Å²) < 4.78 is 2.02. The van der Waals surface area contributed by atoms with Gasteiger partial charge in [-0.1, -0.05) is 41.4 Å². The Labute approximate surface area is 174 Å². The lowest BCUT2D eigenvalue weighted by Gasteiger charge is -2.11. The Morgan fingerprint density at radius 2 is 1.82 bits per heavy atom. The Kier molecular flexibility index (Phi) is 6.07. The van der Waals surface area contributed by atoms with Crippen molar-refractivity contribution in [2.75, 3.05) is 5.32 Å². The summed E-state index contributed by atoms with van der Waals surface area (Å²) in [4.78, 5) is 12.0. The van der Waals surface area contributed by atoms with Gasteiger partial charge >= 0.3 is 6.03 Å². The van der Waals surface area contributed by atoms with Gasteiger partial charge in [0.1, 0.15) is 0 Å². The molecule has 2 N–H and O–H groups in total. The number of urea groups is 1. The molecule has 0 aliphatic heterocycles. The number of carbonyl (C=O) groups is 1. The van der Waals surface area contributed by atoms with Crippen LogP contribution >= 0.6 is 23.2 Å². The van der Waals surface area contributed by atoms with E-state index in [0.717, 1.165) is 33.9 Å². The number of benzene rings is 2. The number of anilines is 1. The number of rotatable bonds is 4. The summed E-state index contributed by atoms with van der Waals surface area (Å²) in [6.07, 6.45) is 1.61. The minimum absolute atomic E-state index is 0.403. The SMILES string of the molecule is Cc1ccccc1NC(=O)NN=Cc1cc(C)n(-c2ccc(Cl)cc2Cl)c1C. The molecule has 2 aromatic carbocycles. The zero-order chi connectivity index (χ0) is 20.3. The van der Waals surface area contributed by atoms with Crippen molar-refractivity contribution in [2.24, 2.45) is 5.10 Å². The molecule has 0 aliphatic carbocycles. The number of carbonyl (C=O) groups excluding carboxylic acids is 1. The first-order chi connectivity index (χ1) is 13.4. The minimum Gasteiger partial charge on any atom is -0.316 e. The Hall–Kier alpha value is -2.76. The smallest absolute Gasteiger partial charge is 0.316 e. The van der Waals surface area contributed by atoms with Crippen LogP contribution in [0.1, 0.15) is 22.5 Å². The second kappa shape index (κ2) is 8.50. The highest BCUT2D eigenvalue weighted by Crippen LogP contribution is 2.28. The largest absolute Gasteiger partial charge is 0.339 e. The molecule has 2 amide bonds. The summed E-state index contributed by atoms with van der Waals surface area (Å²) in [6.45, 7) is 5.87. The Morgan fingerprint density at radius 1 is 1.07 bits per heavy atom. The number of hydrogen-bond acceptors (Lipinski definition) is 2. The number of nitrogens with zero attached hydrogens (tertiary/aromatic N) is 2. The van der Waals surface area contributed by atoms with Crippen LogP contribution in [0.5, 0.6) is 0 Å². The van der Waals surface area contributed by atoms with Crippen LogP contribution in [0.25, 0.3) is 5.69 Å². The van der Waals surface area contributed by atoms with Gasteiger partial charge in [-0.3, -0.25) is 0 Å². The highest BCUT2D eigenvalue weighted by atomic mass is 35.5. The van der Waals surface area contributed by atoms with Crippen LogP contribution in [0.3, 0.4) is 0 Å². The first-order valence-electron chi connectivity index (χ1n) is 8.67. The summed E-state index contributed by atoms with van der Waals surface area (Å²) in [7, 11) is 0. The molecule has 0 saturated heterocycles. The molecule has 1 heterocycles. The van der Waals surface area contributed by atoms with Gasteiger partial charge in [0.25, 0.3) is 0 Å². The number of aryl methyl sites for hydroxylation is 2. The molecular weight excluding hydrogens is 395 g/mol. The van der Waals surface area contributed by atoms with Crippen molar-refractivity contribution >= 4 is 41.1 Å². The molecule has 3 rings (SSSR count). The van der Waals surface area contributed by atoms with E-state index in [-0.39, 0.29) is 0 Å². The summed E-state index contributed by atoms with van der Waals surface area (Å²) in [5, 5.41) is 7.97. The van der Waals surface area contributed by atoms with Gasteiger partial charge in [0.15, 0.2) is 0 Å². The molecule has 0 spiro atoms. The predicted molar refractivity (Wildman–Crippen MR) is 116 cm³/mol. The fourth-order valence-corrected chi connectivity index (χ4v) is 3.47. The molecule has 0 bridgehead atoms. The number of amides is 2. The third-order valence-corrected chi connectivity index (χ3v) is 4.92. The average Bonchev–Trinajstić information content (AvgIpc) is 2.91. The molecule has 28 heavy (non-hydrogen) atoms. The van der Waals surface area contributed by atoms with Crippen LogP contribution in [-0.2, 0) is 0 Å². The van der Waals surface area contributed by atoms with Crippen LogP contribution in [0.4, 0.5) is 10.5 Å². The van der Waals surface area contributed by atoms with Gasteiger partial charge in [-0.05, 0) is 56.7 Å². The molecule has 7 heteroatoms. The molecule has 0 fully saturated rings. The van der Waals surface area contributed by atoms with E-state index >= 15 is 0 Å². The van der Waals surface area contributed by atoms with E-state index in [9.17, 15) is 4.79 Å². The molecule has 0 unspecified atom stereocenters. The summed E-state index contributed by atoms with van der Waals surface area (Å²) in [5.74, 6) is 0. The van der Waals surface area contributed by atoms with Gasteiger partial charge in [0.05, 0.1) is 16.9 Å². The third-order valence-electron chi connectivity index (χ3n) is 4.38. The molecule has 3 aromatic rings. The van der Waals surface area contributed by atoms with Crippen LogP contribution in [0.15, 0.2) is 53.6 Å². The molecule has 0 atom stereocenters. The highest BCUT2D eigenvalue weighted by molar-refractivity contribution is 6.35. The van der Waals surface area contributed by atoms with Crippen LogP contribution in [-0.4, -0.2) is 16.8 Å². The van der Waals surface area contributed by atoms with Crippen molar-refractivity contribution in [3.63, 3.8) is 0 Å². The van der Waals surface area contributed by atoms with Crippen molar-refractivity contribution in [3.05, 3.63) is 81.1 Å². The molecular formula is C21H20Cl2N4O. The van der Waals surface area contributed by atoms with Crippen LogP contribution < -0.4 is 10.7 Å². The predicted octanol–water partition coefficient (Wildman–Crippen LogP) is 5.86. The van der Waals surface area contributed by atoms with Gasteiger partial charge in [-0.15, -0.1) is 0 Å². The zero-order valence-electron chi connectivity index (χ0n) is 15.8. The fourth-order valence-electron chi connectivity index (χ4n) is 2.98. The zero-order valence-corrected chi connectivity index (χ0v) is 17.3. The lowest BCUT2D eigenvalue weighted by molar-refractivity contribution is 0.252. The van der Waals surface area contributed by atoms with E-state index < -0.39 is 6.03 Å². The first-order valence-corrected chi connectivity index (χ1v) is 9.42. The van der Waals surface area contributed by atoms with Gasteiger partial charge in [0.2, 0.25) is 0 Å².